The van der Waals surface area contributed by atoms with E-state index in [2.05, 4.69) is 23.9 Å². The van der Waals surface area contributed by atoms with Gasteiger partial charge in [0.15, 0.2) is 5.78 Å². The Bertz CT molecular complexity index is 1090. The van der Waals surface area contributed by atoms with Crippen molar-refractivity contribution in [2.45, 2.75) is 59.3 Å². The van der Waals surface area contributed by atoms with Crippen LogP contribution in [0.4, 0.5) is 4.79 Å². The molecule has 36 heavy (non-hydrogen) atoms. The van der Waals surface area contributed by atoms with E-state index in [-0.39, 0.29) is 17.2 Å². The average Bonchev–Trinajstić information content (AvgIpc) is 2.85. The molecule has 2 N–H and O–H groups in total. The van der Waals surface area contributed by atoms with Gasteiger partial charge in [-0.1, -0.05) is 45.9 Å². The molecule has 2 unspecified atom stereocenters. The molecule has 1 aromatic carbocycles. The van der Waals surface area contributed by atoms with E-state index in [1.54, 1.807) is 13.0 Å². The number of ketones is 1. The van der Waals surface area contributed by atoms with Gasteiger partial charge in [-0.3, -0.25) is 10.1 Å². The van der Waals surface area contributed by atoms with Crippen LogP contribution in [0.25, 0.3) is 0 Å². The maximum Gasteiger partial charge on any atom is 0.410 e. The zero-order valence-corrected chi connectivity index (χ0v) is 21.7. The van der Waals surface area contributed by atoms with Crippen molar-refractivity contribution >= 4 is 11.9 Å². The van der Waals surface area contributed by atoms with E-state index in [9.17, 15) is 19.5 Å². The van der Waals surface area contributed by atoms with Crippen LogP contribution in [-0.2, 0) is 11.2 Å². The summed E-state index contributed by atoms with van der Waals surface area (Å²) in [5, 5.41) is 12.9. The molecular formula is C28H37NO7. The normalized spacial score (nSPS) is 12.9. The predicted octanol–water partition coefficient (Wildman–Crippen LogP) is 5.59. The highest BCUT2D eigenvalue weighted by Gasteiger charge is 2.25. The van der Waals surface area contributed by atoms with Crippen LogP contribution in [0.3, 0.4) is 0 Å². The van der Waals surface area contributed by atoms with Gasteiger partial charge in [0.1, 0.15) is 22.8 Å². The van der Waals surface area contributed by atoms with E-state index < -0.39 is 23.4 Å². The van der Waals surface area contributed by atoms with Gasteiger partial charge in [-0.25, -0.2) is 9.59 Å². The van der Waals surface area contributed by atoms with Gasteiger partial charge in [0, 0.05) is 24.1 Å². The number of Topliss-reactive ketones (excluding diaryl/α,β-unsaturated/α-hetero) is 1. The lowest BCUT2D eigenvalue weighted by atomic mass is 9.93. The average molecular weight is 500 g/mol. The number of hydrogen-bond donors (Lipinski definition) is 2. The standard InChI is InChI=1S/C28H37NO7/c1-18(2)17-35-22-13-11-21(12-14-22)10-9-20(4)26(31)25-23(30)16-24(36-27(25)32)19(3)8-6-7-15-29-28(33)34-5/h7,11-16,18-20,30H,6,8-10,17H2,1-5H3,(H,29,33)/b15-7+. The van der Waals surface area contributed by atoms with Crippen LogP contribution in [0.2, 0.25) is 0 Å². The van der Waals surface area contributed by atoms with E-state index in [0.29, 0.717) is 44.0 Å². The van der Waals surface area contributed by atoms with Gasteiger partial charge in [-0.2, -0.15) is 0 Å². The molecule has 2 aromatic rings. The first-order valence-corrected chi connectivity index (χ1v) is 12.2. The van der Waals surface area contributed by atoms with Gasteiger partial charge < -0.3 is 19.0 Å². The van der Waals surface area contributed by atoms with E-state index in [4.69, 9.17) is 9.15 Å². The minimum Gasteiger partial charge on any atom is -0.507 e. The minimum absolute atomic E-state index is 0.180. The third-order valence-corrected chi connectivity index (χ3v) is 5.77. The fourth-order valence-electron chi connectivity index (χ4n) is 3.50. The number of amides is 1. The molecule has 1 heterocycles. The smallest absolute Gasteiger partial charge is 0.410 e. The Labute approximate surface area is 212 Å². The monoisotopic (exact) mass is 499 g/mol. The van der Waals surface area contributed by atoms with Gasteiger partial charge in [0.05, 0.1) is 13.7 Å². The van der Waals surface area contributed by atoms with Gasteiger partial charge in [-0.05, 0) is 49.3 Å². The summed E-state index contributed by atoms with van der Waals surface area (Å²) in [5.74, 6) is 0.112. The first kappa shape index (κ1) is 28.7. The van der Waals surface area contributed by atoms with Crippen molar-refractivity contribution in [2.24, 2.45) is 11.8 Å². The second kappa shape index (κ2) is 14.1. The summed E-state index contributed by atoms with van der Waals surface area (Å²) in [5.41, 5.74) is -0.0795. The Balaban J connectivity index is 1.95. The SMILES string of the molecule is COC(=O)N/C=C/CCC(C)c1cc(O)c(C(=O)C(C)CCc2ccc(OCC(C)C)cc2)c(=O)o1. The van der Waals surface area contributed by atoms with E-state index in [1.807, 2.05) is 31.2 Å². The molecule has 0 aliphatic rings. The first-order valence-electron chi connectivity index (χ1n) is 12.2. The maximum atomic E-state index is 12.9. The quantitative estimate of drug-likeness (QED) is 0.345. The van der Waals surface area contributed by atoms with Crippen LogP contribution < -0.4 is 15.7 Å². The summed E-state index contributed by atoms with van der Waals surface area (Å²) in [6, 6.07) is 9.11. The number of aryl methyl sites for hydroxylation is 1. The van der Waals surface area contributed by atoms with Crippen molar-refractivity contribution < 1.29 is 28.6 Å². The van der Waals surface area contributed by atoms with Crippen molar-refractivity contribution in [1.29, 1.82) is 0 Å². The molecule has 2 atom stereocenters. The van der Waals surface area contributed by atoms with E-state index in [0.717, 1.165) is 11.3 Å². The largest absolute Gasteiger partial charge is 0.507 e. The second-order valence-electron chi connectivity index (χ2n) is 9.37. The van der Waals surface area contributed by atoms with Crippen LogP contribution in [-0.4, -0.2) is 30.7 Å². The Morgan fingerprint density at radius 3 is 2.42 bits per heavy atom. The third kappa shape index (κ3) is 8.91. The van der Waals surface area contributed by atoms with Crippen molar-refractivity contribution in [2.75, 3.05) is 13.7 Å². The zero-order valence-electron chi connectivity index (χ0n) is 21.7. The van der Waals surface area contributed by atoms with Crippen LogP contribution in [0.1, 0.15) is 74.6 Å². The fourth-order valence-corrected chi connectivity index (χ4v) is 3.50. The number of carbonyl (C=O) groups excluding carboxylic acids is 2. The van der Waals surface area contributed by atoms with E-state index in [1.165, 1.54) is 19.4 Å². The minimum atomic E-state index is -0.830. The number of alkyl carbamates (subject to hydrolysis) is 1. The Morgan fingerprint density at radius 1 is 1.11 bits per heavy atom. The molecule has 0 saturated carbocycles. The molecule has 8 heteroatoms. The van der Waals surface area contributed by atoms with Crippen LogP contribution in [0, 0.1) is 11.8 Å². The molecular weight excluding hydrogens is 462 g/mol. The number of carbonyl (C=O) groups is 2. The zero-order chi connectivity index (χ0) is 26.7. The van der Waals surface area contributed by atoms with Crippen LogP contribution in [0.15, 0.2) is 51.8 Å². The molecule has 0 fully saturated rings. The van der Waals surface area contributed by atoms with Crippen LogP contribution in [0.5, 0.6) is 11.5 Å². The topological polar surface area (TPSA) is 115 Å². The highest BCUT2D eigenvalue weighted by Crippen LogP contribution is 2.27. The highest BCUT2D eigenvalue weighted by molar-refractivity contribution is 5.99. The molecule has 1 aromatic heterocycles. The van der Waals surface area contributed by atoms with E-state index >= 15 is 0 Å². The number of nitrogens with one attached hydrogen (secondary N) is 1. The van der Waals surface area contributed by atoms with Crippen molar-refractivity contribution in [3.8, 4) is 11.5 Å². The lowest BCUT2D eigenvalue weighted by molar-refractivity contribution is 0.0916. The third-order valence-electron chi connectivity index (χ3n) is 5.77. The molecule has 0 aliphatic carbocycles. The fraction of sp³-hybridized carbons (Fsp3) is 0.464. The van der Waals surface area contributed by atoms with Gasteiger partial charge in [-0.15, -0.1) is 0 Å². The molecule has 0 spiro atoms. The molecule has 0 radical (unpaired) electrons. The number of benzene rings is 1. The Kier molecular flexibility index (Phi) is 11.2. The number of aromatic hydroxyl groups is 1. The lowest BCUT2D eigenvalue weighted by Crippen LogP contribution is -2.21. The summed E-state index contributed by atoms with van der Waals surface area (Å²) in [4.78, 5) is 36.5. The lowest BCUT2D eigenvalue weighted by Gasteiger charge is -2.14. The molecule has 8 nitrogen and oxygen atoms in total. The summed E-state index contributed by atoms with van der Waals surface area (Å²) in [6.45, 7) is 8.43. The number of methoxy groups -OCH3 is 1. The highest BCUT2D eigenvalue weighted by atomic mass is 16.5. The maximum absolute atomic E-state index is 12.9. The molecule has 196 valence electrons. The molecule has 2 rings (SSSR count). The summed E-state index contributed by atoms with van der Waals surface area (Å²) < 4.78 is 15.5. The van der Waals surface area contributed by atoms with Crippen LogP contribution >= 0.6 is 0 Å². The number of rotatable bonds is 13. The number of ether oxygens (including phenoxy) is 2. The van der Waals surface area contributed by atoms with Gasteiger partial charge in [0.2, 0.25) is 0 Å². The second-order valence-corrected chi connectivity index (χ2v) is 9.37. The molecule has 0 bridgehead atoms. The molecule has 1 amide bonds. The van der Waals surface area contributed by atoms with Gasteiger partial charge in [0.25, 0.3) is 0 Å². The molecule has 0 saturated heterocycles. The number of hydrogen-bond acceptors (Lipinski definition) is 7. The number of allylic oxidation sites excluding steroid dienone is 1. The Hall–Kier alpha value is -3.55. The molecule has 0 aliphatic heterocycles. The van der Waals surface area contributed by atoms with Gasteiger partial charge >= 0.3 is 11.7 Å². The summed E-state index contributed by atoms with van der Waals surface area (Å²) >= 11 is 0. The van der Waals surface area contributed by atoms with Crippen molar-refractivity contribution in [1.82, 2.24) is 5.32 Å². The summed E-state index contributed by atoms with van der Waals surface area (Å²) in [6.07, 6.45) is 5.03. The summed E-state index contributed by atoms with van der Waals surface area (Å²) in [7, 11) is 1.28. The first-order chi connectivity index (χ1) is 17.1. The predicted molar refractivity (Wildman–Crippen MR) is 138 cm³/mol. The van der Waals surface area contributed by atoms with Crippen molar-refractivity contribution in [3.63, 3.8) is 0 Å². The Morgan fingerprint density at radius 2 is 1.81 bits per heavy atom. The van der Waals surface area contributed by atoms with Crippen molar-refractivity contribution in [3.05, 3.63) is 69.9 Å².